The van der Waals surface area contributed by atoms with Gasteiger partial charge in [-0.2, -0.15) is 5.26 Å². The molecule has 2 nitrogen and oxygen atoms in total. The first-order valence-corrected chi connectivity index (χ1v) is 2.51. The lowest BCUT2D eigenvalue weighted by molar-refractivity contribution is -0.00708. The van der Waals surface area contributed by atoms with Gasteiger partial charge in [-0.15, -0.1) is 0 Å². The first-order chi connectivity index (χ1) is 3.98. The molecule has 0 rings (SSSR count). The molecule has 0 heterocycles. The molecule has 0 aliphatic rings. The van der Waals surface area contributed by atoms with Gasteiger partial charge in [-0.1, -0.05) is 0 Å². The van der Waals surface area contributed by atoms with Crippen molar-refractivity contribution in [1.82, 2.24) is 5.32 Å². The van der Waals surface area contributed by atoms with Crippen LogP contribution in [0.4, 0.5) is 8.78 Å². The second-order valence-electron chi connectivity index (χ2n) is 1.93. The van der Waals surface area contributed by atoms with Gasteiger partial charge in [-0.3, -0.25) is 0 Å². The fourth-order valence-corrected chi connectivity index (χ4v) is 0.224. The average molecular weight is 134 g/mol. The molecule has 1 atom stereocenters. The molecule has 0 aromatic rings. The standard InChI is InChI=1S/C5H8F2N2/c1-4(9-3-8)5(2,6)7/h4,9H,1-2H3. The summed E-state index contributed by atoms with van der Waals surface area (Å²) in [4.78, 5) is 0. The first kappa shape index (κ1) is 8.15. The maximum Gasteiger partial charge on any atom is 0.265 e. The number of nitrogens with one attached hydrogen (secondary N) is 1. The monoisotopic (exact) mass is 134 g/mol. The Morgan fingerprint density at radius 3 is 2.22 bits per heavy atom. The lowest BCUT2D eigenvalue weighted by Gasteiger charge is -2.16. The molecule has 1 N–H and O–H groups in total. The van der Waals surface area contributed by atoms with E-state index in [1.54, 1.807) is 0 Å². The zero-order chi connectivity index (χ0) is 7.49. The van der Waals surface area contributed by atoms with Crippen molar-refractivity contribution >= 4 is 0 Å². The average Bonchev–Trinajstić information content (AvgIpc) is 1.64. The molecule has 0 amide bonds. The van der Waals surface area contributed by atoms with Crippen molar-refractivity contribution in [2.24, 2.45) is 0 Å². The van der Waals surface area contributed by atoms with Crippen LogP contribution in [0.1, 0.15) is 13.8 Å². The third kappa shape index (κ3) is 2.85. The minimum absolute atomic E-state index is 0.766. The minimum atomic E-state index is -2.82. The Bertz CT molecular complexity index is 122. The molecule has 1 unspecified atom stereocenters. The Hall–Kier alpha value is -0.850. The Morgan fingerprint density at radius 2 is 2.11 bits per heavy atom. The molecule has 0 aromatic heterocycles. The first-order valence-electron chi connectivity index (χ1n) is 2.51. The molecule has 0 saturated carbocycles. The minimum Gasteiger partial charge on any atom is -0.315 e. The van der Waals surface area contributed by atoms with Crippen LogP contribution in [0, 0.1) is 11.5 Å². The summed E-state index contributed by atoms with van der Waals surface area (Å²) in [5.74, 6) is -2.82. The van der Waals surface area contributed by atoms with E-state index in [0.717, 1.165) is 6.92 Å². The third-order valence-corrected chi connectivity index (χ3v) is 1.04. The predicted molar refractivity (Wildman–Crippen MR) is 28.8 cm³/mol. The maximum absolute atomic E-state index is 12.1. The Kier molecular flexibility index (Phi) is 2.38. The van der Waals surface area contributed by atoms with Crippen LogP contribution in [-0.4, -0.2) is 12.0 Å². The highest BCUT2D eigenvalue weighted by molar-refractivity contribution is 4.81. The predicted octanol–water partition coefficient (Wildman–Crippen LogP) is 1.10. The van der Waals surface area contributed by atoms with E-state index in [-0.39, 0.29) is 0 Å². The van der Waals surface area contributed by atoms with E-state index in [0.29, 0.717) is 0 Å². The zero-order valence-corrected chi connectivity index (χ0v) is 5.28. The van der Waals surface area contributed by atoms with Gasteiger partial charge in [0.05, 0.1) is 6.04 Å². The van der Waals surface area contributed by atoms with Crippen LogP contribution >= 0.6 is 0 Å². The van der Waals surface area contributed by atoms with Crippen LogP contribution in [-0.2, 0) is 0 Å². The molecule has 4 heteroatoms. The van der Waals surface area contributed by atoms with Crippen molar-refractivity contribution in [3.8, 4) is 6.19 Å². The van der Waals surface area contributed by atoms with E-state index in [4.69, 9.17) is 5.26 Å². The van der Waals surface area contributed by atoms with Gasteiger partial charge in [-0.25, -0.2) is 8.78 Å². The van der Waals surface area contributed by atoms with E-state index < -0.39 is 12.0 Å². The molecule has 0 radical (unpaired) electrons. The second-order valence-corrected chi connectivity index (χ2v) is 1.93. The molecule has 0 bridgehead atoms. The van der Waals surface area contributed by atoms with Gasteiger partial charge in [0, 0.05) is 6.92 Å². The third-order valence-electron chi connectivity index (χ3n) is 1.04. The summed E-state index contributed by atoms with van der Waals surface area (Å²) < 4.78 is 24.2. The number of hydrogen-bond donors (Lipinski definition) is 1. The fourth-order valence-electron chi connectivity index (χ4n) is 0.224. The Morgan fingerprint density at radius 1 is 1.67 bits per heavy atom. The SMILES string of the molecule is CC(NC#N)C(C)(F)F. The number of halogens is 2. The molecular formula is C5H8F2N2. The fraction of sp³-hybridized carbons (Fsp3) is 0.800. The maximum atomic E-state index is 12.1. The molecule has 9 heavy (non-hydrogen) atoms. The van der Waals surface area contributed by atoms with E-state index in [1.807, 2.05) is 5.32 Å². The van der Waals surface area contributed by atoms with Gasteiger partial charge >= 0.3 is 0 Å². The molecule has 0 spiro atoms. The van der Waals surface area contributed by atoms with E-state index in [2.05, 4.69) is 0 Å². The quantitative estimate of drug-likeness (QED) is 0.453. The molecule has 0 aromatic carbocycles. The molecule has 0 aliphatic carbocycles. The Labute approximate surface area is 52.5 Å². The summed E-state index contributed by atoms with van der Waals surface area (Å²) in [5.41, 5.74) is 0. The highest BCUT2D eigenvalue weighted by Gasteiger charge is 2.29. The van der Waals surface area contributed by atoms with Crippen LogP contribution in [0.25, 0.3) is 0 Å². The summed E-state index contributed by atoms with van der Waals surface area (Å²) in [6.07, 6.45) is 1.44. The van der Waals surface area contributed by atoms with Crippen molar-refractivity contribution in [2.75, 3.05) is 0 Å². The van der Waals surface area contributed by atoms with Crippen LogP contribution in [0.2, 0.25) is 0 Å². The lowest BCUT2D eigenvalue weighted by atomic mass is 10.2. The second kappa shape index (κ2) is 2.62. The van der Waals surface area contributed by atoms with Crippen LogP contribution in [0.15, 0.2) is 0 Å². The number of hydrogen-bond acceptors (Lipinski definition) is 2. The number of nitrogens with zero attached hydrogens (tertiary/aromatic N) is 1. The smallest absolute Gasteiger partial charge is 0.265 e. The highest BCUT2D eigenvalue weighted by atomic mass is 19.3. The van der Waals surface area contributed by atoms with Crippen LogP contribution in [0.5, 0.6) is 0 Å². The number of nitriles is 1. The summed E-state index contributed by atoms with van der Waals surface area (Å²) in [5, 5.41) is 9.85. The normalized spacial score (nSPS) is 14.1. The number of alkyl halides is 2. The topological polar surface area (TPSA) is 35.8 Å². The Balaban J connectivity index is 3.76. The summed E-state index contributed by atoms with van der Waals surface area (Å²) in [6.45, 7) is 2.02. The summed E-state index contributed by atoms with van der Waals surface area (Å²) in [6, 6.07) is -1.08. The van der Waals surface area contributed by atoms with Crippen molar-refractivity contribution in [3.63, 3.8) is 0 Å². The van der Waals surface area contributed by atoms with E-state index in [9.17, 15) is 8.78 Å². The van der Waals surface area contributed by atoms with Crippen molar-refractivity contribution in [2.45, 2.75) is 25.8 Å². The van der Waals surface area contributed by atoms with Crippen LogP contribution < -0.4 is 5.32 Å². The van der Waals surface area contributed by atoms with Gasteiger partial charge in [0.1, 0.15) is 0 Å². The highest BCUT2D eigenvalue weighted by Crippen LogP contribution is 2.15. The van der Waals surface area contributed by atoms with Gasteiger partial charge < -0.3 is 5.32 Å². The van der Waals surface area contributed by atoms with Gasteiger partial charge in [-0.05, 0) is 6.92 Å². The number of rotatable bonds is 2. The largest absolute Gasteiger partial charge is 0.315 e. The van der Waals surface area contributed by atoms with Crippen LogP contribution in [0.3, 0.4) is 0 Å². The van der Waals surface area contributed by atoms with Gasteiger partial charge in [0.15, 0.2) is 6.19 Å². The molecule has 0 aliphatic heterocycles. The molecule has 0 saturated heterocycles. The van der Waals surface area contributed by atoms with Gasteiger partial charge in [0.2, 0.25) is 0 Å². The summed E-state index contributed by atoms with van der Waals surface area (Å²) >= 11 is 0. The summed E-state index contributed by atoms with van der Waals surface area (Å²) in [7, 11) is 0. The van der Waals surface area contributed by atoms with Gasteiger partial charge in [0.25, 0.3) is 5.92 Å². The van der Waals surface area contributed by atoms with Crippen molar-refractivity contribution in [1.29, 1.82) is 5.26 Å². The molecule has 52 valence electrons. The zero-order valence-electron chi connectivity index (χ0n) is 5.28. The van der Waals surface area contributed by atoms with Crippen molar-refractivity contribution in [3.05, 3.63) is 0 Å². The van der Waals surface area contributed by atoms with Crippen molar-refractivity contribution < 1.29 is 8.78 Å². The molecule has 0 fully saturated rings. The molecular weight excluding hydrogens is 126 g/mol. The van der Waals surface area contributed by atoms with E-state index >= 15 is 0 Å². The lowest BCUT2D eigenvalue weighted by Crippen LogP contribution is -2.37. The van der Waals surface area contributed by atoms with E-state index in [1.165, 1.54) is 13.1 Å².